The van der Waals surface area contributed by atoms with Gasteiger partial charge in [0.25, 0.3) is 0 Å². The smallest absolute Gasteiger partial charge is 0.120 e. The summed E-state index contributed by atoms with van der Waals surface area (Å²) in [6.07, 6.45) is 6.12. The molecule has 0 amide bonds. The Morgan fingerprint density at radius 2 is 2.23 bits per heavy atom. The monoisotopic (exact) mass is 294 g/mol. The number of carbonyl (C=O) groups is 1. The van der Waals surface area contributed by atoms with Gasteiger partial charge in [-0.1, -0.05) is 29.8 Å². The van der Waals surface area contributed by atoms with Crippen LogP contribution in [0.4, 0.5) is 0 Å². The van der Waals surface area contributed by atoms with Crippen LogP contribution in [0, 0.1) is 5.92 Å². The third kappa shape index (κ3) is 2.03. The van der Waals surface area contributed by atoms with Gasteiger partial charge in [0.15, 0.2) is 0 Å². The standard InChI is InChI=1S/C19H22N2O/c1-2-13-12-21-9-7-16-15-5-3-4-6-17(15)20-19(16)18(21)11-14(13)8-10-22/h2-6,10,14,18,20H,7-9,11-12H2,1H3/b13-2+/t14-,18+/m1/s1. The van der Waals surface area contributed by atoms with Crippen LogP contribution in [0.25, 0.3) is 10.9 Å². The van der Waals surface area contributed by atoms with E-state index in [1.807, 2.05) is 0 Å². The highest BCUT2D eigenvalue weighted by molar-refractivity contribution is 5.85. The van der Waals surface area contributed by atoms with Gasteiger partial charge in [0, 0.05) is 36.1 Å². The van der Waals surface area contributed by atoms with Crippen LogP contribution < -0.4 is 0 Å². The number of carbonyl (C=O) groups excluding carboxylic acids is 1. The van der Waals surface area contributed by atoms with E-state index in [4.69, 9.17) is 0 Å². The average Bonchev–Trinajstić information content (AvgIpc) is 2.93. The van der Waals surface area contributed by atoms with E-state index < -0.39 is 0 Å². The summed E-state index contributed by atoms with van der Waals surface area (Å²) in [7, 11) is 0. The number of rotatable bonds is 2. The van der Waals surface area contributed by atoms with E-state index in [1.165, 1.54) is 27.7 Å². The summed E-state index contributed by atoms with van der Waals surface area (Å²) >= 11 is 0. The molecule has 2 aliphatic heterocycles. The second kappa shape index (κ2) is 5.40. The second-order valence-electron chi connectivity index (χ2n) is 6.50. The van der Waals surface area contributed by atoms with E-state index in [0.29, 0.717) is 18.4 Å². The molecule has 0 bridgehead atoms. The maximum Gasteiger partial charge on any atom is 0.120 e. The molecule has 0 spiro atoms. The highest BCUT2D eigenvalue weighted by Gasteiger charge is 2.37. The first-order chi connectivity index (χ1) is 10.8. The normalized spacial score (nSPS) is 26.9. The van der Waals surface area contributed by atoms with Gasteiger partial charge < -0.3 is 9.78 Å². The minimum atomic E-state index is 0.404. The van der Waals surface area contributed by atoms with Crippen molar-refractivity contribution in [1.29, 1.82) is 0 Å². The fourth-order valence-corrected chi connectivity index (χ4v) is 4.30. The zero-order chi connectivity index (χ0) is 15.1. The van der Waals surface area contributed by atoms with Crippen molar-refractivity contribution in [3.05, 3.63) is 47.2 Å². The van der Waals surface area contributed by atoms with E-state index >= 15 is 0 Å². The SMILES string of the molecule is C/C=C1\CN2CCc3c([nH]c4ccccc34)[C@@H]2C[C@H]1CC=O. The van der Waals surface area contributed by atoms with Gasteiger partial charge >= 0.3 is 0 Å². The fraction of sp³-hybridized carbons (Fsp3) is 0.421. The van der Waals surface area contributed by atoms with Gasteiger partial charge in [-0.05, 0) is 37.3 Å². The number of aromatic amines is 1. The summed E-state index contributed by atoms with van der Waals surface area (Å²) in [5, 5.41) is 1.38. The summed E-state index contributed by atoms with van der Waals surface area (Å²) in [6.45, 7) is 4.23. The number of nitrogens with one attached hydrogen (secondary N) is 1. The molecular formula is C19H22N2O. The highest BCUT2D eigenvalue weighted by atomic mass is 16.1. The fourth-order valence-electron chi connectivity index (χ4n) is 4.30. The van der Waals surface area contributed by atoms with Crippen LogP contribution in [-0.4, -0.2) is 29.3 Å². The van der Waals surface area contributed by atoms with E-state index in [0.717, 1.165) is 32.2 Å². The number of piperidine rings is 1. The molecule has 2 aliphatic rings. The molecule has 1 fully saturated rings. The van der Waals surface area contributed by atoms with Crippen LogP contribution in [0.2, 0.25) is 0 Å². The number of fused-ring (bicyclic) bond motifs is 5. The van der Waals surface area contributed by atoms with Crippen molar-refractivity contribution in [3.63, 3.8) is 0 Å². The maximum atomic E-state index is 11.0. The summed E-state index contributed by atoms with van der Waals surface area (Å²) in [4.78, 5) is 17.3. The number of hydrogen-bond donors (Lipinski definition) is 1. The minimum Gasteiger partial charge on any atom is -0.357 e. The van der Waals surface area contributed by atoms with Gasteiger partial charge in [-0.15, -0.1) is 0 Å². The third-order valence-electron chi connectivity index (χ3n) is 5.44. The van der Waals surface area contributed by atoms with Gasteiger partial charge in [-0.3, -0.25) is 4.90 Å². The molecule has 3 heterocycles. The molecule has 3 heteroatoms. The Kier molecular flexibility index (Phi) is 3.38. The Hall–Kier alpha value is -1.87. The predicted octanol–water partition coefficient (Wildman–Crippen LogP) is 3.62. The molecule has 1 aromatic carbocycles. The zero-order valence-electron chi connectivity index (χ0n) is 13.0. The van der Waals surface area contributed by atoms with Crippen molar-refractivity contribution in [2.24, 2.45) is 5.92 Å². The molecule has 0 aliphatic carbocycles. The van der Waals surface area contributed by atoms with Gasteiger partial charge in [-0.2, -0.15) is 0 Å². The van der Waals surface area contributed by atoms with Crippen molar-refractivity contribution < 1.29 is 4.79 Å². The van der Waals surface area contributed by atoms with Crippen LogP contribution >= 0.6 is 0 Å². The van der Waals surface area contributed by atoms with Crippen molar-refractivity contribution in [3.8, 4) is 0 Å². The number of para-hydroxylation sites is 1. The maximum absolute atomic E-state index is 11.0. The van der Waals surface area contributed by atoms with Gasteiger partial charge in [0.2, 0.25) is 0 Å². The Bertz CT molecular complexity index is 743. The van der Waals surface area contributed by atoms with Crippen molar-refractivity contribution in [2.45, 2.75) is 32.2 Å². The lowest BCUT2D eigenvalue weighted by molar-refractivity contribution is -0.108. The van der Waals surface area contributed by atoms with E-state index in [1.54, 1.807) is 0 Å². The molecule has 1 aromatic heterocycles. The minimum absolute atomic E-state index is 0.404. The van der Waals surface area contributed by atoms with Crippen molar-refractivity contribution in [1.82, 2.24) is 9.88 Å². The largest absolute Gasteiger partial charge is 0.357 e. The van der Waals surface area contributed by atoms with Gasteiger partial charge in [-0.25, -0.2) is 0 Å². The molecule has 0 saturated carbocycles. The van der Waals surface area contributed by atoms with Crippen LogP contribution in [0.5, 0.6) is 0 Å². The molecule has 0 radical (unpaired) electrons. The zero-order valence-corrected chi connectivity index (χ0v) is 13.0. The number of aldehydes is 1. The van der Waals surface area contributed by atoms with E-state index in [2.05, 4.69) is 47.1 Å². The molecule has 4 rings (SSSR count). The predicted molar refractivity (Wildman–Crippen MR) is 88.9 cm³/mol. The lowest BCUT2D eigenvalue weighted by Gasteiger charge is -2.43. The number of benzene rings is 1. The molecule has 22 heavy (non-hydrogen) atoms. The quantitative estimate of drug-likeness (QED) is 0.678. The summed E-state index contributed by atoms with van der Waals surface area (Å²) in [5.74, 6) is 0.404. The lowest BCUT2D eigenvalue weighted by Crippen LogP contribution is -2.42. The number of aromatic nitrogens is 1. The highest BCUT2D eigenvalue weighted by Crippen LogP contribution is 2.43. The van der Waals surface area contributed by atoms with Crippen LogP contribution in [0.15, 0.2) is 35.9 Å². The van der Waals surface area contributed by atoms with Crippen LogP contribution in [0.1, 0.15) is 37.1 Å². The van der Waals surface area contributed by atoms with Crippen molar-refractivity contribution in [2.75, 3.05) is 13.1 Å². The number of H-pyrrole nitrogens is 1. The molecule has 0 unspecified atom stereocenters. The van der Waals surface area contributed by atoms with Gasteiger partial charge in [0.1, 0.15) is 6.29 Å². The van der Waals surface area contributed by atoms with Crippen LogP contribution in [0.3, 0.4) is 0 Å². The molecule has 1 N–H and O–H groups in total. The number of allylic oxidation sites excluding steroid dienone is 1. The topological polar surface area (TPSA) is 36.1 Å². The second-order valence-corrected chi connectivity index (χ2v) is 6.50. The Morgan fingerprint density at radius 3 is 3.05 bits per heavy atom. The number of hydrogen-bond acceptors (Lipinski definition) is 2. The molecule has 2 aromatic rings. The average molecular weight is 294 g/mol. The third-order valence-corrected chi connectivity index (χ3v) is 5.44. The van der Waals surface area contributed by atoms with E-state index in [-0.39, 0.29) is 0 Å². The lowest BCUT2D eigenvalue weighted by atomic mass is 9.80. The number of nitrogens with zero attached hydrogens (tertiary/aromatic N) is 1. The summed E-state index contributed by atoms with van der Waals surface area (Å²) in [5.41, 5.74) is 5.56. The molecule has 1 saturated heterocycles. The molecule has 2 atom stereocenters. The Labute approximate surface area is 131 Å². The Balaban J connectivity index is 1.75. The van der Waals surface area contributed by atoms with Gasteiger partial charge in [0.05, 0.1) is 6.04 Å². The van der Waals surface area contributed by atoms with Crippen LogP contribution in [-0.2, 0) is 11.2 Å². The Morgan fingerprint density at radius 1 is 1.36 bits per heavy atom. The first-order valence-corrected chi connectivity index (χ1v) is 8.24. The summed E-state index contributed by atoms with van der Waals surface area (Å²) < 4.78 is 0. The first-order valence-electron chi connectivity index (χ1n) is 8.24. The molecular weight excluding hydrogens is 272 g/mol. The summed E-state index contributed by atoms with van der Waals surface area (Å²) in [6, 6.07) is 9.04. The molecule has 3 nitrogen and oxygen atoms in total. The first kappa shape index (κ1) is 13.8. The van der Waals surface area contributed by atoms with E-state index in [9.17, 15) is 4.79 Å². The molecule has 114 valence electrons. The van der Waals surface area contributed by atoms with Crippen molar-refractivity contribution >= 4 is 17.2 Å².